The lowest BCUT2D eigenvalue weighted by molar-refractivity contribution is 0.183. The third kappa shape index (κ3) is 3.44. The quantitative estimate of drug-likeness (QED) is 0.781. The Hall–Kier alpha value is -1.22. The van der Waals surface area contributed by atoms with Gasteiger partial charge in [0.05, 0.1) is 18.9 Å². The molecule has 0 saturated heterocycles. The monoisotopic (exact) mass is 209 g/mol. The molecular formula is C12H19NO2. The molecule has 3 heteroatoms. The highest BCUT2D eigenvalue weighted by molar-refractivity contribution is 5.58. The molecule has 15 heavy (non-hydrogen) atoms. The minimum atomic E-state index is -0.310. The van der Waals surface area contributed by atoms with Gasteiger partial charge in [0.15, 0.2) is 0 Å². The molecule has 0 aliphatic heterocycles. The van der Waals surface area contributed by atoms with Crippen LogP contribution in [0.4, 0.5) is 5.69 Å². The molecule has 1 aromatic carbocycles. The zero-order valence-electron chi connectivity index (χ0n) is 9.58. The predicted molar refractivity (Wildman–Crippen MR) is 62.5 cm³/mol. The number of hydrogen-bond donors (Lipinski definition) is 2. The zero-order chi connectivity index (χ0) is 11.3. The highest BCUT2D eigenvalue weighted by Gasteiger charge is 2.05. The van der Waals surface area contributed by atoms with Crippen molar-refractivity contribution in [2.75, 3.05) is 19.0 Å². The van der Waals surface area contributed by atoms with Crippen molar-refractivity contribution in [1.82, 2.24) is 0 Å². The van der Waals surface area contributed by atoms with E-state index in [1.54, 1.807) is 7.11 Å². The van der Waals surface area contributed by atoms with Crippen LogP contribution < -0.4 is 10.1 Å². The molecule has 0 aliphatic rings. The van der Waals surface area contributed by atoms with Crippen molar-refractivity contribution >= 4 is 5.69 Å². The number of aryl methyl sites for hydroxylation is 1. The van der Waals surface area contributed by atoms with E-state index in [9.17, 15) is 5.11 Å². The molecule has 0 bridgehead atoms. The molecule has 0 spiro atoms. The van der Waals surface area contributed by atoms with Crippen molar-refractivity contribution in [3.8, 4) is 5.75 Å². The first-order valence-corrected chi connectivity index (χ1v) is 5.24. The summed E-state index contributed by atoms with van der Waals surface area (Å²) < 4.78 is 5.22. The Morgan fingerprint density at radius 1 is 1.47 bits per heavy atom. The maximum atomic E-state index is 9.45. The standard InChI is InChI=1S/C12H19NO2/c1-4-10(14)8-13-11-7-9(2)5-6-12(11)15-3/h5-7,10,13-14H,4,8H2,1-3H3. The molecule has 0 fully saturated rings. The topological polar surface area (TPSA) is 41.5 Å². The van der Waals surface area contributed by atoms with Gasteiger partial charge in [0, 0.05) is 6.54 Å². The number of ether oxygens (including phenoxy) is 1. The average Bonchev–Trinajstić information content (AvgIpc) is 2.26. The first-order valence-electron chi connectivity index (χ1n) is 5.24. The van der Waals surface area contributed by atoms with E-state index in [2.05, 4.69) is 5.32 Å². The molecule has 2 N–H and O–H groups in total. The summed E-state index contributed by atoms with van der Waals surface area (Å²) in [6, 6.07) is 5.94. The Kier molecular flexibility index (Phi) is 4.43. The Morgan fingerprint density at radius 3 is 2.80 bits per heavy atom. The van der Waals surface area contributed by atoms with E-state index >= 15 is 0 Å². The van der Waals surface area contributed by atoms with Crippen LogP contribution in [0.15, 0.2) is 18.2 Å². The summed E-state index contributed by atoms with van der Waals surface area (Å²) in [5, 5.41) is 12.6. The Bertz CT molecular complexity index is 312. The normalized spacial score (nSPS) is 12.3. The Labute approximate surface area is 91.1 Å². The van der Waals surface area contributed by atoms with Crippen LogP contribution in [0.25, 0.3) is 0 Å². The molecule has 1 aromatic rings. The van der Waals surface area contributed by atoms with Crippen LogP contribution in [0.5, 0.6) is 5.75 Å². The second-order valence-corrected chi connectivity index (χ2v) is 3.65. The molecule has 0 radical (unpaired) electrons. The molecule has 0 saturated carbocycles. The van der Waals surface area contributed by atoms with Crippen LogP contribution in [0.3, 0.4) is 0 Å². The van der Waals surface area contributed by atoms with Gasteiger partial charge in [0.2, 0.25) is 0 Å². The Morgan fingerprint density at radius 2 is 2.20 bits per heavy atom. The summed E-state index contributed by atoms with van der Waals surface area (Å²) in [5.74, 6) is 0.809. The van der Waals surface area contributed by atoms with Gasteiger partial charge in [0.1, 0.15) is 5.75 Å². The van der Waals surface area contributed by atoms with E-state index in [-0.39, 0.29) is 6.10 Å². The minimum absolute atomic E-state index is 0.310. The van der Waals surface area contributed by atoms with Gasteiger partial charge in [-0.05, 0) is 31.0 Å². The first kappa shape index (κ1) is 11.9. The first-order chi connectivity index (χ1) is 7.17. The van der Waals surface area contributed by atoms with Gasteiger partial charge in [-0.2, -0.15) is 0 Å². The van der Waals surface area contributed by atoms with Gasteiger partial charge in [-0.15, -0.1) is 0 Å². The van der Waals surface area contributed by atoms with Crippen molar-refractivity contribution in [1.29, 1.82) is 0 Å². The van der Waals surface area contributed by atoms with Gasteiger partial charge in [-0.3, -0.25) is 0 Å². The van der Waals surface area contributed by atoms with Crippen molar-refractivity contribution in [2.24, 2.45) is 0 Å². The Balaban J connectivity index is 2.69. The predicted octanol–water partition coefficient (Wildman–Crippen LogP) is 2.19. The van der Waals surface area contributed by atoms with Crippen LogP contribution >= 0.6 is 0 Å². The fourth-order valence-corrected chi connectivity index (χ4v) is 1.33. The minimum Gasteiger partial charge on any atom is -0.495 e. The second kappa shape index (κ2) is 5.61. The number of aliphatic hydroxyl groups excluding tert-OH is 1. The van der Waals surface area contributed by atoms with Crippen LogP contribution in [0.1, 0.15) is 18.9 Å². The number of anilines is 1. The highest BCUT2D eigenvalue weighted by atomic mass is 16.5. The lowest BCUT2D eigenvalue weighted by Crippen LogP contribution is -2.18. The van der Waals surface area contributed by atoms with Gasteiger partial charge in [0.25, 0.3) is 0 Å². The van der Waals surface area contributed by atoms with E-state index in [4.69, 9.17) is 4.74 Å². The van der Waals surface area contributed by atoms with Gasteiger partial charge < -0.3 is 15.2 Å². The number of aliphatic hydroxyl groups is 1. The summed E-state index contributed by atoms with van der Waals surface area (Å²) >= 11 is 0. The third-order valence-corrected chi connectivity index (χ3v) is 2.35. The molecule has 0 aromatic heterocycles. The van der Waals surface area contributed by atoms with Gasteiger partial charge >= 0.3 is 0 Å². The summed E-state index contributed by atoms with van der Waals surface area (Å²) in [6.45, 7) is 4.54. The lowest BCUT2D eigenvalue weighted by atomic mass is 10.2. The van der Waals surface area contributed by atoms with E-state index < -0.39 is 0 Å². The molecule has 1 atom stereocenters. The van der Waals surface area contributed by atoms with E-state index in [1.165, 1.54) is 5.56 Å². The molecule has 0 heterocycles. The second-order valence-electron chi connectivity index (χ2n) is 3.65. The fraction of sp³-hybridized carbons (Fsp3) is 0.500. The summed E-state index contributed by atoms with van der Waals surface area (Å²) in [4.78, 5) is 0. The molecule has 3 nitrogen and oxygen atoms in total. The molecule has 84 valence electrons. The van der Waals surface area contributed by atoms with Crippen molar-refractivity contribution in [3.05, 3.63) is 23.8 Å². The molecule has 1 rings (SSSR count). The van der Waals surface area contributed by atoms with Crippen LogP contribution in [-0.2, 0) is 0 Å². The molecular weight excluding hydrogens is 190 g/mol. The highest BCUT2D eigenvalue weighted by Crippen LogP contribution is 2.24. The van der Waals surface area contributed by atoms with Crippen LogP contribution in [0.2, 0.25) is 0 Å². The van der Waals surface area contributed by atoms with E-state index in [1.807, 2.05) is 32.0 Å². The number of rotatable bonds is 5. The van der Waals surface area contributed by atoms with Crippen LogP contribution in [-0.4, -0.2) is 24.9 Å². The fourth-order valence-electron chi connectivity index (χ4n) is 1.33. The number of nitrogens with one attached hydrogen (secondary N) is 1. The number of hydrogen-bond acceptors (Lipinski definition) is 3. The zero-order valence-corrected chi connectivity index (χ0v) is 9.58. The molecule has 0 amide bonds. The maximum Gasteiger partial charge on any atom is 0.141 e. The largest absolute Gasteiger partial charge is 0.495 e. The maximum absolute atomic E-state index is 9.45. The SMILES string of the molecule is CCC(O)CNc1cc(C)ccc1OC. The molecule has 1 unspecified atom stereocenters. The van der Waals surface area contributed by atoms with Crippen molar-refractivity contribution in [3.63, 3.8) is 0 Å². The van der Waals surface area contributed by atoms with E-state index in [0.717, 1.165) is 17.9 Å². The molecule has 0 aliphatic carbocycles. The van der Waals surface area contributed by atoms with Crippen molar-refractivity contribution < 1.29 is 9.84 Å². The lowest BCUT2D eigenvalue weighted by Gasteiger charge is -2.14. The van der Waals surface area contributed by atoms with Gasteiger partial charge in [-0.1, -0.05) is 13.0 Å². The summed E-state index contributed by atoms with van der Waals surface area (Å²) in [7, 11) is 1.64. The average molecular weight is 209 g/mol. The number of methoxy groups -OCH3 is 1. The number of benzene rings is 1. The smallest absolute Gasteiger partial charge is 0.141 e. The summed E-state index contributed by atoms with van der Waals surface area (Å²) in [5.41, 5.74) is 2.11. The van der Waals surface area contributed by atoms with Crippen LogP contribution in [0, 0.1) is 6.92 Å². The van der Waals surface area contributed by atoms with E-state index in [0.29, 0.717) is 6.54 Å². The van der Waals surface area contributed by atoms with Crippen molar-refractivity contribution in [2.45, 2.75) is 26.4 Å². The van der Waals surface area contributed by atoms with Gasteiger partial charge in [-0.25, -0.2) is 0 Å². The summed E-state index contributed by atoms with van der Waals surface area (Å²) in [6.07, 6.45) is 0.441. The third-order valence-electron chi connectivity index (χ3n) is 2.35.